The van der Waals surface area contributed by atoms with Crippen LogP contribution in [0.15, 0.2) is 29.5 Å². The Balaban J connectivity index is 1.74. The molecule has 22 heavy (non-hydrogen) atoms. The van der Waals surface area contributed by atoms with Crippen molar-refractivity contribution in [3.63, 3.8) is 0 Å². The molecule has 5 nitrogen and oxygen atoms in total. The summed E-state index contributed by atoms with van der Waals surface area (Å²) >= 11 is 0. The number of rotatable bonds is 8. The van der Waals surface area contributed by atoms with Gasteiger partial charge < -0.3 is 19.9 Å². The molecule has 0 unspecified atom stereocenters. The van der Waals surface area contributed by atoms with Crippen LogP contribution in [0.5, 0.6) is 0 Å². The summed E-state index contributed by atoms with van der Waals surface area (Å²) in [5, 5.41) is 6.91. The van der Waals surface area contributed by atoms with Gasteiger partial charge in [0.15, 0.2) is 5.96 Å². The van der Waals surface area contributed by atoms with Gasteiger partial charge in [0.25, 0.3) is 0 Å². The van der Waals surface area contributed by atoms with Crippen LogP contribution in [0.25, 0.3) is 0 Å². The minimum Gasteiger partial charge on any atom is -0.385 e. The van der Waals surface area contributed by atoms with Crippen LogP contribution in [0.1, 0.15) is 32.1 Å². The number of guanidine groups is 1. The number of nitrogens with zero attached hydrogens (tertiary/aromatic N) is 2. The highest BCUT2D eigenvalue weighted by molar-refractivity contribution is 5.79. The van der Waals surface area contributed by atoms with Gasteiger partial charge in [-0.1, -0.05) is 12.8 Å². The van der Waals surface area contributed by atoms with E-state index < -0.39 is 0 Å². The lowest BCUT2D eigenvalue weighted by molar-refractivity contribution is 0.138. The lowest BCUT2D eigenvalue weighted by atomic mass is 9.83. The molecule has 0 aliphatic heterocycles. The van der Waals surface area contributed by atoms with Gasteiger partial charge in [-0.05, 0) is 36.8 Å². The van der Waals surface area contributed by atoms with Gasteiger partial charge in [0, 0.05) is 52.8 Å². The number of aliphatic imine (C=N–C) groups is 1. The van der Waals surface area contributed by atoms with Crippen molar-refractivity contribution in [2.24, 2.45) is 10.4 Å². The van der Waals surface area contributed by atoms with E-state index in [-0.39, 0.29) is 0 Å². The molecule has 0 radical (unpaired) electrons. The molecular weight excluding hydrogens is 276 g/mol. The second-order valence-electron chi connectivity index (χ2n) is 6.22. The van der Waals surface area contributed by atoms with E-state index in [1.807, 2.05) is 19.2 Å². The van der Waals surface area contributed by atoms with Crippen molar-refractivity contribution in [3.05, 3.63) is 24.5 Å². The van der Waals surface area contributed by atoms with Gasteiger partial charge in [-0.3, -0.25) is 4.99 Å². The molecular formula is C17H30N4O. The van der Waals surface area contributed by atoms with E-state index >= 15 is 0 Å². The first kappa shape index (κ1) is 16.9. The Labute approximate surface area is 134 Å². The van der Waals surface area contributed by atoms with Gasteiger partial charge in [-0.25, -0.2) is 0 Å². The first-order valence-electron chi connectivity index (χ1n) is 8.32. The molecule has 0 saturated heterocycles. The maximum absolute atomic E-state index is 5.29. The zero-order valence-electron chi connectivity index (χ0n) is 14.0. The van der Waals surface area contributed by atoms with Crippen molar-refractivity contribution in [1.29, 1.82) is 0 Å². The quantitative estimate of drug-likeness (QED) is 0.572. The Bertz CT molecular complexity index is 436. The van der Waals surface area contributed by atoms with Crippen molar-refractivity contribution in [1.82, 2.24) is 15.2 Å². The predicted molar refractivity (Wildman–Crippen MR) is 91.2 cm³/mol. The molecule has 1 aromatic heterocycles. The van der Waals surface area contributed by atoms with Crippen LogP contribution in [0.2, 0.25) is 0 Å². The van der Waals surface area contributed by atoms with Crippen molar-refractivity contribution >= 4 is 5.96 Å². The Morgan fingerprint density at radius 1 is 1.23 bits per heavy atom. The van der Waals surface area contributed by atoms with Crippen molar-refractivity contribution in [2.75, 3.05) is 33.9 Å². The molecule has 0 spiro atoms. The van der Waals surface area contributed by atoms with E-state index in [4.69, 9.17) is 4.74 Å². The standard InChI is InChI=1S/C17H30N4O/c1-18-16(19-10-13-21-11-5-6-12-21)20-15-17(9-14-22-2)7-3-4-8-17/h5-6,11-12H,3-4,7-10,13-15H2,1-2H3,(H2,18,19,20). The summed E-state index contributed by atoms with van der Waals surface area (Å²) in [6.07, 6.45) is 10.6. The largest absolute Gasteiger partial charge is 0.385 e. The van der Waals surface area contributed by atoms with Gasteiger partial charge >= 0.3 is 0 Å². The lowest BCUT2D eigenvalue weighted by Crippen LogP contribution is -2.44. The summed E-state index contributed by atoms with van der Waals surface area (Å²) in [5.41, 5.74) is 0.383. The normalized spacial score (nSPS) is 17.6. The third kappa shape index (κ3) is 5.05. The number of aromatic nitrogens is 1. The Morgan fingerprint density at radius 3 is 2.59 bits per heavy atom. The minimum absolute atomic E-state index is 0.383. The van der Waals surface area contributed by atoms with E-state index in [0.717, 1.165) is 38.6 Å². The SMILES string of the molecule is CN=C(NCCn1cccc1)NCC1(CCOC)CCCC1. The number of methoxy groups -OCH3 is 1. The molecule has 1 saturated carbocycles. The van der Waals surface area contributed by atoms with Crippen LogP contribution in [-0.4, -0.2) is 44.4 Å². The van der Waals surface area contributed by atoms with Crippen LogP contribution in [0.4, 0.5) is 0 Å². The molecule has 124 valence electrons. The van der Waals surface area contributed by atoms with Gasteiger partial charge in [0.2, 0.25) is 0 Å². The van der Waals surface area contributed by atoms with Gasteiger partial charge in [0.1, 0.15) is 0 Å². The molecule has 0 aromatic carbocycles. The first-order valence-corrected chi connectivity index (χ1v) is 8.32. The fourth-order valence-corrected chi connectivity index (χ4v) is 3.27. The zero-order chi connectivity index (χ0) is 15.7. The summed E-state index contributed by atoms with van der Waals surface area (Å²) in [6, 6.07) is 4.10. The molecule has 1 aliphatic rings. The lowest BCUT2D eigenvalue weighted by Gasteiger charge is -2.30. The number of ether oxygens (including phenoxy) is 1. The molecule has 1 heterocycles. The highest BCUT2D eigenvalue weighted by Gasteiger charge is 2.33. The second kappa shape index (κ2) is 8.83. The summed E-state index contributed by atoms with van der Waals surface area (Å²) in [5.74, 6) is 0.899. The monoisotopic (exact) mass is 306 g/mol. The maximum Gasteiger partial charge on any atom is 0.191 e. The number of hydrogen-bond donors (Lipinski definition) is 2. The van der Waals surface area contributed by atoms with E-state index in [9.17, 15) is 0 Å². The molecule has 2 N–H and O–H groups in total. The van der Waals surface area contributed by atoms with Crippen LogP contribution < -0.4 is 10.6 Å². The van der Waals surface area contributed by atoms with Gasteiger partial charge in [-0.2, -0.15) is 0 Å². The third-order valence-corrected chi connectivity index (χ3v) is 4.68. The van der Waals surface area contributed by atoms with Crippen molar-refractivity contribution in [3.8, 4) is 0 Å². The second-order valence-corrected chi connectivity index (χ2v) is 6.22. The fourth-order valence-electron chi connectivity index (χ4n) is 3.27. The highest BCUT2D eigenvalue weighted by Crippen LogP contribution is 2.40. The smallest absolute Gasteiger partial charge is 0.191 e. The topological polar surface area (TPSA) is 50.6 Å². The van der Waals surface area contributed by atoms with Crippen LogP contribution in [0.3, 0.4) is 0 Å². The van der Waals surface area contributed by atoms with Gasteiger partial charge in [-0.15, -0.1) is 0 Å². The Hall–Kier alpha value is -1.49. The van der Waals surface area contributed by atoms with Gasteiger partial charge in [0.05, 0.1) is 0 Å². The molecule has 0 atom stereocenters. The van der Waals surface area contributed by atoms with Crippen LogP contribution in [-0.2, 0) is 11.3 Å². The number of nitrogens with one attached hydrogen (secondary N) is 2. The first-order chi connectivity index (χ1) is 10.8. The maximum atomic E-state index is 5.29. The van der Waals surface area contributed by atoms with E-state index in [1.54, 1.807) is 7.11 Å². The molecule has 1 aromatic rings. The third-order valence-electron chi connectivity index (χ3n) is 4.68. The minimum atomic E-state index is 0.383. The van der Waals surface area contributed by atoms with Crippen molar-refractivity contribution < 1.29 is 4.74 Å². The van der Waals surface area contributed by atoms with E-state index in [2.05, 4.69) is 32.6 Å². The average molecular weight is 306 g/mol. The summed E-state index contributed by atoms with van der Waals surface area (Å²) in [7, 11) is 3.62. The molecule has 1 aliphatic carbocycles. The Kier molecular flexibility index (Phi) is 6.77. The predicted octanol–water partition coefficient (Wildman–Crippen LogP) is 2.25. The molecule has 2 rings (SSSR count). The van der Waals surface area contributed by atoms with Crippen LogP contribution in [0, 0.1) is 5.41 Å². The Morgan fingerprint density at radius 2 is 1.95 bits per heavy atom. The molecule has 1 fully saturated rings. The van der Waals surface area contributed by atoms with E-state index in [0.29, 0.717) is 5.41 Å². The average Bonchev–Trinajstić information content (AvgIpc) is 3.21. The molecule has 0 amide bonds. The molecule has 5 heteroatoms. The fraction of sp³-hybridized carbons (Fsp3) is 0.706. The summed E-state index contributed by atoms with van der Waals surface area (Å²) in [4.78, 5) is 4.33. The summed E-state index contributed by atoms with van der Waals surface area (Å²) < 4.78 is 7.46. The highest BCUT2D eigenvalue weighted by atomic mass is 16.5. The van der Waals surface area contributed by atoms with Crippen LogP contribution >= 0.6 is 0 Å². The molecule has 0 bridgehead atoms. The number of hydrogen-bond acceptors (Lipinski definition) is 2. The van der Waals surface area contributed by atoms with Crippen molar-refractivity contribution in [2.45, 2.75) is 38.6 Å². The zero-order valence-corrected chi connectivity index (χ0v) is 14.0. The summed E-state index contributed by atoms with van der Waals surface area (Å²) in [6.45, 7) is 3.66. The van der Waals surface area contributed by atoms with E-state index in [1.165, 1.54) is 25.7 Å².